The van der Waals surface area contributed by atoms with Gasteiger partial charge in [-0.2, -0.15) is 0 Å². The molecule has 0 heterocycles. The van der Waals surface area contributed by atoms with Gasteiger partial charge in [0.05, 0.1) is 5.60 Å². The zero-order valence-corrected chi connectivity index (χ0v) is 10.0. The molecule has 84 valence electrons. The third kappa shape index (κ3) is 2.12. The Hall–Kier alpha value is -0.0800. The molecule has 0 aromatic rings. The van der Waals surface area contributed by atoms with Crippen LogP contribution < -0.4 is 5.73 Å². The van der Waals surface area contributed by atoms with Crippen molar-refractivity contribution in [3.05, 3.63) is 0 Å². The number of nitrogens with two attached hydrogens (primary N) is 1. The summed E-state index contributed by atoms with van der Waals surface area (Å²) in [7, 11) is 0. The highest BCUT2D eigenvalue weighted by molar-refractivity contribution is 5.03. The Morgan fingerprint density at radius 3 is 2.14 bits per heavy atom. The first kappa shape index (κ1) is 12.0. The molecule has 2 nitrogen and oxygen atoms in total. The van der Waals surface area contributed by atoms with Crippen molar-refractivity contribution in [2.24, 2.45) is 17.6 Å². The van der Waals surface area contributed by atoms with E-state index in [0.717, 1.165) is 19.3 Å². The molecule has 14 heavy (non-hydrogen) atoms. The summed E-state index contributed by atoms with van der Waals surface area (Å²) in [5.41, 5.74) is 5.11. The van der Waals surface area contributed by atoms with Gasteiger partial charge in [-0.05, 0) is 44.4 Å². The maximum absolute atomic E-state index is 10.6. The van der Waals surface area contributed by atoms with Crippen LogP contribution in [-0.4, -0.2) is 16.2 Å². The van der Waals surface area contributed by atoms with Crippen LogP contribution in [0.15, 0.2) is 0 Å². The Bertz CT molecular complexity index is 190. The molecule has 3 atom stereocenters. The summed E-state index contributed by atoms with van der Waals surface area (Å²) in [5, 5.41) is 10.6. The molecule has 0 saturated heterocycles. The van der Waals surface area contributed by atoms with Gasteiger partial charge in [0.15, 0.2) is 0 Å². The summed E-state index contributed by atoms with van der Waals surface area (Å²) in [6.07, 6.45) is 3.78. The first-order chi connectivity index (χ1) is 6.31. The van der Waals surface area contributed by atoms with E-state index in [9.17, 15) is 5.11 Å². The SMILES string of the molecule is CCC(C)(N)C1(O)CC(C)CC(C)C1. The number of hydrogen-bond acceptors (Lipinski definition) is 2. The lowest BCUT2D eigenvalue weighted by molar-refractivity contribution is -0.0861. The van der Waals surface area contributed by atoms with E-state index in [4.69, 9.17) is 5.73 Å². The van der Waals surface area contributed by atoms with E-state index in [-0.39, 0.29) is 0 Å². The van der Waals surface area contributed by atoms with Gasteiger partial charge in [0.2, 0.25) is 0 Å². The molecule has 1 rings (SSSR count). The lowest BCUT2D eigenvalue weighted by Gasteiger charge is -2.48. The molecular formula is C12H25NO. The van der Waals surface area contributed by atoms with Crippen molar-refractivity contribution in [3.8, 4) is 0 Å². The van der Waals surface area contributed by atoms with E-state index >= 15 is 0 Å². The molecule has 0 spiro atoms. The van der Waals surface area contributed by atoms with E-state index in [1.807, 2.05) is 6.92 Å². The van der Waals surface area contributed by atoms with Gasteiger partial charge in [-0.1, -0.05) is 20.8 Å². The fourth-order valence-corrected chi connectivity index (χ4v) is 2.89. The standard InChI is InChI=1S/C12H25NO/c1-5-11(4,13)12(14)7-9(2)6-10(3)8-12/h9-10,14H,5-8,13H2,1-4H3. The maximum Gasteiger partial charge on any atom is 0.0828 e. The number of aliphatic hydroxyl groups is 1. The average molecular weight is 199 g/mol. The molecule has 2 heteroatoms. The third-order valence-corrected chi connectivity index (χ3v) is 3.97. The quantitative estimate of drug-likeness (QED) is 0.717. The normalized spacial score (nSPS) is 43.3. The van der Waals surface area contributed by atoms with Crippen LogP contribution in [0.3, 0.4) is 0 Å². The van der Waals surface area contributed by atoms with Crippen LogP contribution in [0.5, 0.6) is 0 Å². The Labute approximate surface area is 87.9 Å². The summed E-state index contributed by atoms with van der Waals surface area (Å²) in [6, 6.07) is 0. The molecule has 0 aromatic heterocycles. The molecule has 3 N–H and O–H groups in total. The van der Waals surface area contributed by atoms with E-state index in [2.05, 4.69) is 20.8 Å². The highest BCUT2D eigenvalue weighted by Gasteiger charge is 2.46. The summed E-state index contributed by atoms with van der Waals surface area (Å²) in [6.45, 7) is 8.47. The van der Waals surface area contributed by atoms with Gasteiger partial charge in [0, 0.05) is 5.54 Å². The Morgan fingerprint density at radius 2 is 1.79 bits per heavy atom. The fraction of sp³-hybridized carbons (Fsp3) is 1.00. The van der Waals surface area contributed by atoms with Crippen molar-refractivity contribution in [3.63, 3.8) is 0 Å². The molecular weight excluding hydrogens is 174 g/mol. The second-order valence-electron chi connectivity index (χ2n) is 5.66. The highest BCUT2D eigenvalue weighted by Crippen LogP contribution is 2.42. The Kier molecular flexibility index (Phi) is 3.27. The minimum absolute atomic E-state index is 0.435. The zero-order chi connectivity index (χ0) is 11.0. The van der Waals surface area contributed by atoms with Gasteiger partial charge in [-0.3, -0.25) is 0 Å². The minimum atomic E-state index is -0.654. The Balaban J connectivity index is 2.82. The molecule has 0 aliphatic heterocycles. The predicted octanol–water partition coefficient (Wildman–Crippen LogP) is 2.30. The van der Waals surface area contributed by atoms with E-state index in [0.29, 0.717) is 11.8 Å². The lowest BCUT2D eigenvalue weighted by atomic mass is 9.65. The van der Waals surface area contributed by atoms with Crippen LogP contribution in [0.25, 0.3) is 0 Å². The van der Waals surface area contributed by atoms with Crippen molar-refractivity contribution < 1.29 is 5.11 Å². The van der Waals surface area contributed by atoms with Crippen LogP contribution in [-0.2, 0) is 0 Å². The largest absolute Gasteiger partial charge is 0.388 e. The van der Waals surface area contributed by atoms with Crippen molar-refractivity contribution in [1.29, 1.82) is 0 Å². The molecule has 1 aliphatic rings. The number of hydrogen-bond donors (Lipinski definition) is 2. The van der Waals surface area contributed by atoms with Crippen molar-refractivity contribution >= 4 is 0 Å². The monoisotopic (exact) mass is 199 g/mol. The molecule has 1 saturated carbocycles. The van der Waals surface area contributed by atoms with E-state index in [1.165, 1.54) is 6.42 Å². The second-order valence-corrected chi connectivity index (χ2v) is 5.66. The van der Waals surface area contributed by atoms with Gasteiger partial charge >= 0.3 is 0 Å². The maximum atomic E-state index is 10.6. The van der Waals surface area contributed by atoms with Crippen LogP contribution in [0.1, 0.15) is 53.4 Å². The first-order valence-corrected chi connectivity index (χ1v) is 5.82. The van der Waals surface area contributed by atoms with Crippen molar-refractivity contribution in [1.82, 2.24) is 0 Å². The lowest BCUT2D eigenvalue weighted by Crippen LogP contribution is -2.60. The van der Waals surface area contributed by atoms with E-state index in [1.54, 1.807) is 0 Å². The van der Waals surface area contributed by atoms with Gasteiger partial charge in [0.1, 0.15) is 0 Å². The summed E-state index contributed by atoms with van der Waals surface area (Å²) in [5.74, 6) is 1.19. The van der Waals surface area contributed by atoms with Crippen LogP contribution in [0, 0.1) is 11.8 Å². The molecule has 0 radical (unpaired) electrons. The predicted molar refractivity (Wildman–Crippen MR) is 60.0 cm³/mol. The summed E-state index contributed by atoms with van der Waals surface area (Å²) < 4.78 is 0. The topological polar surface area (TPSA) is 46.2 Å². The fourth-order valence-electron chi connectivity index (χ4n) is 2.89. The van der Waals surface area contributed by atoms with Crippen LogP contribution >= 0.6 is 0 Å². The number of rotatable bonds is 2. The van der Waals surface area contributed by atoms with Crippen LogP contribution in [0.2, 0.25) is 0 Å². The summed E-state index contributed by atoms with van der Waals surface area (Å²) >= 11 is 0. The molecule has 0 bridgehead atoms. The van der Waals surface area contributed by atoms with Crippen molar-refractivity contribution in [2.75, 3.05) is 0 Å². The zero-order valence-electron chi connectivity index (χ0n) is 10.0. The van der Waals surface area contributed by atoms with Crippen LogP contribution in [0.4, 0.5) is 0 Å². The third-order valence-electron chi connectivity index (χ3n) is 3.97. The second kappa shape index (κ2) is 3.82. The highest BCUT2D eigenvalue weighted by atomic mass is 16.3. The molecule has 0 aromatic carbocycles. The average Bonchev–Trinajstić information content (AvgIpc) is 2.01. The van der Waals surface area contributed by atoms with Gasteiger partial charge in [-0.25, -0.2) is 0 Å². The molecule has 1 aliphatic carbocycles. The summed E-state index contributed by atoms with van der Waals surface area (Å²) in [4.78, 5) is 0. The minimum Gasteiger partial charge on any atom is -0.388 e. The van der Waals surface area contributed by atoms with Gasteiger partial charge in [-0.15, -0.1) is 0 Å². The van der Waals surface area contributed by atoms with Gasteiger partial charge < -0.3 is 10.8 Å². The van der Waals surface area contributed by atoms with E-state index < -0.39 is 11.1 Å². The smallest absolute Gasteiger partial charge is 0.0828 e. The van der Waals surface area contributed by atoms with Crippen molar-refractivity contribution in [2.45, 2.75) is 64.5 Å². The molecule has 1 fully saturated rings. The Morgan fingerprint density at radius 1 is 1.36 bits per heavy atom. The first-order valence-electron chi connectivity index (χ1n) is 5.82. The molecule has 0 amide bonds. The molecule has 3 unspecified atom stereocenters. The van der Waals surface area contributed by atoms with Gasteiger partial charge in [0.25, 0.3) is 0 Å².